The van der Waals surface area contributed by atoms with E-state index in [4.69, 9.17) is 9.47 Å². The number of carboxylic acid groups (broad SMARTS) is 1. The molecule has 4 rings (SSSR count). The van der Waals surface area contributed by atoms with E-state index in [9.17, 15) is 19.5 Å². The zero-order chi connectivity index (χ0) is 23.4. The van der Waals surface area contributed by atoms with Crippen LogP contribution in [0.5, 0.6) is 0 Å². The number of nitrogens with one attached hydrogen (secondary N) is 2. The van der Waals surface area contributed by atoms with E-state index in [2.05, 4.69) is 34.9 Å². The Balaban J connectivity index is 1.23. The fraction of sp³-hybridized carbons (Fsp3) is 0.400. The molecule has 3 N–H and O–H groups in total. The second kappa shape index (κ2) is 10.0. The highest BCUT2D eigenvalue weighted by Gasteiger charge is 2.35. The van der Waals surface area contributed by atoms with Crippen molar-refractivity contribution in [2.45, 2.75) is 25.3 Å². The van der Waals surface area contributed by atoms with Crippen LogP contribution < -0.4 is 10.6 Å². The van der Waals surface area contributed by atoms with Crippen molar-refractivity contribution in [1.82, 2.24) is 10.6 Å². The number of carbonyl (C=O) groups excluding carboxylic acids is 2. The molecule has 0 saturated carbocycles. The van der Waals surface area contributed by atoms with Crippen LogP contribution in [0, 0.1) is 11.8 Å². The van der Waals surface area contributed by atoms with Crippen LogP contribution in [0.15, 0.2) is 48.5 Å². The Kier molecular flexibility index (Phi) is 6.93. The predicted octanol–water partition coefficient (Wildman–Crippen LogP) is 2.77. The van der Waals surface area contributed by atoms with Gasteiger partial charge in [0.1, 0.15) is 12.5 Å². The molecule has 0 spiro atoms. The molecule has 2 amide bonds. The van der Waals surface area contributed by atoms with E-state index >= 15 is 0 Å². The average Bonchev–Trinajstić information content (AvgIpc) is 3.40. The van der Waals surface area contributed by atoms with Crippen molar-refractivity contribution < 1.29 is 29.0 Å². The first kappa shape index (κ1) is 22.8. The molecule has 2 aromatic rings. The molecule has 0 aromatic heterocycles. The fourth-order valence-corrected chi connectivity index (χ4v) is 4.44. The van der Waals surface area contributed by atoms with E-state index in [0.29, 0.717) is 6.42 Å². The molecule has 1 fully saturated rings. The van der Waals surface area contributed by atoms with Crippen molar-refractivity contribution in [3.63, 3.8) is 0 Å². The Hall–Kier alpha value is -3.39. The summed E-state index contributed by atoms with van der Waals surface area (Å²) in [6.07, 6.45) is -0.124. The number of alkyl carbamates (subject to hydrolysis) is 1. The zero-order valence-electron chi connectivity index (χ0n) is 18.5. The lowest BCUT2D eigenvalue weighted by Gasteiger charge is -2.19. The third-order valence-corrected chi connectivity index (χ3v) is 6.36. The molecule has 3 atom stereocenters. The van der Waals surface area contributed by atoms with Gasteiger partial charge in [-0.15, -0.1) is 0 Å². The molecular weight excluding hydrogens is 424 g/mol. The third-order valence-electron chi connectivity index (χ3n) is 6.36. The number of fused-ring (bicyclic) bond motifs is 3. The van der Waals surface area contributed by atoms with Gasteiger partial charge in [0.05, 0.1) is 19.3 Å². The second-order valence-electron chi connectivity index (χ2n) is 8.54. The summed E-state index contributed by atoms with van der Waals surface area (Å²) in [4.78, 5) is 35.8. The van der Waals surface area contributed by atoms with Crippen molar-refractivity contribution in [2.24, 2.45) is 11.8 Å². The first-order valence-corrected chi connectivity index (χ1v) is 11.2. The van der Waals surface area contributed by atoms with Gasteiger partial charge < -0.3 is 25.2 Å². The molecule has 174 valence electrons. The van der Waals surface area contributed by atoms with Crippen molar-refractivity contribution in [3.05, 3.63) is 59.7 Å². The minimum atomic E-state index is -0.984. The van der Waals surface area contributed by atoms with Crippen LogP contribution in [0.4, 0.5) is 4.79 Å². The third kappa shape index (κ3) is 5.01. The Labute approximate surface area is 192 Å². The number of carbonyl (C=O) groups is 3. The van der Waals surface area contributed by atoms with Crippen molar-refractivity contribution in [2.75, 3.05) is 26.4 Å². The van der Waals surface area contributed by atoms with E-state index in [0.717, 1.165) is 11.1 Å². The van der Waals surface area contributed by atoms with Gasteiger partial charge >= 0.3 is 12.1 Å². The molecule has 1 aliphatic carbocycles. The normalized spacial score (nSPS) is 19.9. The van der Waals surface area contributed by atoms with Crippen LogP contribution in [-0.4, -0.2) is 55.5 Å². The molecule has 1 aliphatic heterocycles. The van der Waals surface area contributed by atoms with Gasteiger partial charge in [-0.3, -0.25) is 9.59 Å². The number of ether oxygens (including phenoxy) is 2. The van der Waals surface area contributed by atoms with Gasteiger partial charge in [0.15, 0.2) is 0 Å². The predicted molar refractivity (Wildman–Crippen MR) is 121 cm³/mol. The van der Waals surface area contributed by atoms with E-state index < -0.39 is 29.9 Å². The largest absolute Gasteiger partial charge is 0.481 e. The summed E-state index contributed by atoms with van der Waals surface area (Å²) >= 11 is 0. The minimum absolute atomic E-state index is 0.0105. The van der Waals surface area contributed by atoms with E-state index in [-0.39, 0.29) is 38.2 Å². The molecule has 0 radical (unpaired) electrons. The molecule has 2 aromatic carbocycles. The molecular formula is C25H28N2O6. The van der Waals surface area contributed by atoms with Gasteiger partial charge in [-0.05, 0) is 28.7 Å². The monoisotopic (exact) mass is 452 g/mol. The van der Waals surface area contributed by atoms with Crippen LogP contribution in [0.3, 0.4) is 0 Å². The Morgan fingerprint density at radius 1 is 1.06 bits per heavy atom. The summed E-state index contributed by atoms with van der Waals surface area (Å²) in [6, 6.07) is 15.7. The van der Waals surface area contributed by atoms with Gasteiger partial charge in [0, 0.05) is 18.4 Å². The molecule has 2 aliphatic rings. The van der Waals surface area contributed by atoms with Crippen molar-refractivity contribution in [3.8, 4) is 11.1 Å². The van der Waals surface area contributed by atoms with Gasteiger partial charge in [-0.25, -0.2) is 4.79 Å². The maximum absolute atomic E-state index is 12.4. The number of carboxylic acids is 1. The average molecular weight is 453 g/mol. The summed E-state index contributed by atoms with van der Waals surface area (Å²) in [5.41, 5.74) is 4.62. The summed E-state index contributed by atoms with van der Waals surface area (Å²) in [5, 5.41) is 14.6. The Morgan fingerprint density at radius 2 is 1.70 bits per heavy atom. The summed E-state index contributed by atoms with van der Waals surface area (Å²) in [5.74, 6) is -2.38. The first-order chi connectivity index (χ1) is 16.0. The zero-order valence-corrected chi connectivity index (χ0v) is 18.5. The number of rotatable bonds is 8. The Morgan fingerprint density at radius 3 is 2.33 bits per heavy atom. The number of aliphatic carboxylic acids is 1. The number of hydrogen-bond acceptors (Lipinski definition) is 5. The topological polar surface area (TPSA) is 114 Å². The van der Waals surface area contributed by atoms with E-state index in [1.165, 1.54) is 11.1 Å². The highest BCUT2D eigenvalue weighted by atomic mass is 16.5. The fourth-order valence-electron chi connectivity index (χ4n) is 4.44. The highest BCUT2D eigenvalue weighted by molar-refractivity contribution is 5.80. The van der Waals surface area contributed by atoms with Crippen LogP contribution in [0.2, 0.25) is 0 Å². The lowest BCUT2D eigenvalue weighted by atomic mass is 9.98. The number of benzene rings is 2. The van der Waals surface area contributed by atoms with Crippen molar-refractivity contribution in [1.29, 1.82) is 0 Å². The molecule has 0 bridgehead atoms. The summed E-state index contributed by atoms with van der Waals surface area (Å²) in [6.45, 7) is 2.52. The number of amides is 2. The van der Waals surface area contributed by atoms with Gasteiger partial charge in [-0.1, -0.05) is 55.5 Å². The van der Waals surface area contributed by atoms with Gasteiger partial charge in [0.25, 0.3) is 0 Å². The van der Waals surface area contributed by atoms with Crippen LogP contribution in [0.1, 0.15) is 30.4 Å². The minimum Gasteiger partial charge on any atom is -0.481 e. The molecule has 8 nitrogen and oxygen atoms in total. The lowest BCUT2D eigenvalue weighted by Crippen LogP contribution is -2.45. The summed E-state index contributed by atoms with van der Waals surface area (Å²) in [7, 11) is 0. The van der Waals surface area contributed by atoms with E-state index in [1.54, 1.807) is 6.92 Å². The van der Waals surface area contributed by atoms with Crippen molar-refractivity contribution >= 4 is 18.0 Å². The Bertz CT molecular complexity index is 994. The molecule has 33 heavy (non-hydrogen) atoms. The molecule has 1 saturated heterocycles. The van der Waals surface area contributed by atoms with Crippen LogP contribution >= 0.6 is 0 Å². The SMILES string of the molecule is CC(CCNC(=O)OCC1c2ccccc2-c2ccccc21)C(=O)NC1COCC1C(=O)O. The maximum Gasteiger partial charge on any atom is 0.407 e. The second-order valence-corrected chi connectivity index (χ2v) is 8.54. The summed E-state index contributed by atoms with van der Waals surface area (Å²) < 4.78 is 10.7. The van der Waals surface area contributed by atoms with Crippen LogP contribution in [-0.2, 0) is 19.1 Å². The van der Waals surface area contributed by atoms with Gasteiger partial charge in [0.2, 0.25) is 5.91 Å². The van der Waals surface area contributed by atoms with Gasteiger partial charge in [-0.2, -0.15) is 0 Å². The standard InChI is InChI=1S/C25H28N2O6/c1-15(23(28)27-22-14-32-12-21(22)24(29)30)10-11-26-25(31)33-13-20-18-8-4-2-6-16(18)17-7-3-5-9-19(17)20/h2-9,15,20-22H,10-14H2,1H3,(H,26,31)(H,27,28)(H,29,30). The molecule has 8 heteroatoms. The van der Waals surface area contributed by atoms with Crippen LogP contribution in [0.25, 0.3) is 11.1 Å². The lowest BCUT2D eigenvalue weighted by molar-refractivity contribution is -0.142. The number of hydrogen-bond donors (Lipinski definition) is 3. The highest BCUT2D eigenvalue weighted by Crippen LogP contribution is 2.44. The molecule has 3 unspecified atom stereocenters. The maximum atomic E-state index is 12.4. The first-order valence-electron chi connectivity index (χ1n) is 11.2. The smallest absolute Gasteiger partial charge is 0.407 e. The molecule has 1 heterocycles. The quantitative estimate of drug-likeness (QED) is 0.568. The van der Waals surface area contributed by atoms with E-state index in [1.807, 2.05) is 24.3 Å².